The largest absolute Gasteiger partial charge is 0.501 e. The normalized spacial score (nSPS) is 24.3. The molecule has 0 saturated carbocycles. The Bertz CT molecular complexity index is 291. The van der Waals surface area contributed by atoms with Gasteiger partial charge in [0.2, 0.25) is 0 Å². The van der Waals surface area contributed by atoms with Crippen molar-refractivity contribution in [3.8, 4) is 0 Å². The topological polar surface area (TPSA) is 55.8 Å². The summed E-state index contributed by atoms with van der Waals surface area (Å²) in [4.78, 5) is 10.9. The van der Waals surface area contributed by atoms with Crippen molar-refractivity contribution in [2.45, 2.75) is 45.8 Å². The molecule has 0 amide bonds. The first-order valence-electron chi connectivity index (χ1n) is 4.96. The van der Waals surface area contributed by atoms with Gasteiger partial charge in [0, 0.05) is 0 Å². The Hall–Kier alpha value is -0.805. The van der Waals surface area contributed by atoms with Gasteiger partial charge in [-0.2, -0.15) is 0 Å². The molecular weight excluding hydrogens is 195 g/mol. The van der Waals surface area contributed by atoms with Crippen LogP contribution in [0.4, 0.5) is 0 Å². The van der Waals surface area contributed by atoms with Gasteiger partial charge in [-0.25, -0.2) is 4.79 Å². The van der Waals surface area contributed by atoms with E-state index in [0.29, 0.717) is 0 Å². The van der Waals surface area contributed by atoms with Crippen LogP contribution in [0.25, 0.3) is 0 Å². The molecule has 1 aliphatic rings. The van der Waals surface area contributed by atoms with Crippen molar-refractivity contribution in [1.82, 2.24) is 0 Å². The Morgan fingerprint density at radius 2 is 1.60 bits per heavy atom. The molecule has 0 unspecified atom stereocenters. The van der Waals surface area contributed by atoms with Gasteiger partial charge in [-0.3, -0.25) is 0 Å². The van der Waals surface area contributed by atoms with Crippen molar-refractivity contribution in [2.24, 2.45) is 0 Å². The molecule has 5 heteroatoms. The summed E-state index contributed by atoms with van der Waals surface area (Å²) in [5, 5.41) is 8.95. The zero-order valence-electron chi connectivity index (χ0n) is 9.83. The van der Waals surface area contributed by atoms with Crippen LogP contribution >= 0.6 is 0 Å². The molecule has 1 rings (SSSR count). The third kappa shape index (κ3) is 2.08. The summed E-state index contributed by atoms with van der Waals surface area (Å²) in [6, 6.07) is 0. The fraction of sp³-hybridized carbons (Fsp3) is 0.700. The van der Waals surface area contributed by atoms with Gasteiger partial charge in [-0.15, -0.1) is 0 Å². The third-order valence-electron chi connectivity index (χ3n) is 3.07. The highest BCUT2D eigenvalue weighted by Crippen LogP contribution is 2.38. The molecule has 1 N–H and O–H groups in total. The Morgan fingerprint density at radius 1 is 1.20 bits per heavy atom. The van der Waals surface area contributed by atoms with E-state index in [-0.39, 0.29) is 5.47 Å². The number of aliphatic carboxylic acids is 1. The number of carbonyl (C=O) groups is 1. The lowest BCUT2D eigenvalue weighted by atomic mass is 9.78. The zero-order valence-corrected chi connectivity index (χ0v) is 9.83. The minimum absolute atomic E-state index is 0.147. The lowest BCUT2D eigenvalue weighted by Crippen LogP contribution is -2.41. The van der Waals surface area contributed by atoms with Crippen LogP contribution in [0.5, 0.6) is 0 Å². The van der Waals surface area contributed by atoms with Gasteiger partial charge in [0.05, 0.1) is 16.7 Å². The summed E-state index contributed by atoms with van der Waals surface area (Å²) >= 11 is 0. The molecule has 1 saturated heterocycles. The van der Waals surface area contributed by atoms with E-state index >= 15 is 0 Å². The summed E-state index contributed by atoms with van der Waals surface area (Å²) in [6.45, 7) is 9.23. The van der Waals surface area contributed by atoms with Crippen molar-refractivity contribution in [1.29, 1.82) is 0 Å². The van der Waals surface area contributed by atoms with Crippen LogP contribution in [0, 0.1) is 0 Å². The number of hydrogen-bond donors (Lipinski definition) is 1. The second-order valence-electron chi connectivity index (χ2n) is 4.64. The van der Waals surface area contributed by atoms with Crippen LogP contribution in [0.3, 0.4) is 0 Å². The van der Waals surface area contributed by atoms with E-state index in [2.05, 4.69) is 0 Å². The van der Waals surface area contributed by atoms with E-state index in [0.717, 1.165) is 0 Å². The molecule has 0 spiro atoms. The highest BCUT2D eigenvalue weighted by atomic mass is 16.7. The lowest BCUT2D eigenvalue weighted by molar-refractivity contribution is -0.132. The molecule has 84 valence electrons. The van der Waals surface area contributed by atoms with E-state index in [1.165, 1.54) is 6.08 Å². The third-order valence-corrected chi connectivity index (χ3v) is 3.07. The molecule has 0 aromatic carbocycles. The Kier molecular flexibility index (Phi) is 2.98. The van der Waals surface area contributed by atoms with Crippen LogP contribution < -0.4 is 0 Å². The van der Waals surface area contributed by atoms with Gasteiger partial charge in [0.1, 0.15) is 0 Å². The molecule has 0 bridgehead atoms. The molecule has 0 aromatic heterocycles. The highest BCUT2D eigenvalue weighted by molar-refractivity contribution is 6.61. The van der Waals surface area contributed by atoms with Gasteiger partial charge >= 0.3 is 13.1 Å². The molecule has 1 aliphatic heterocycles. The molecule has 0 radical (unpaired) electrons. The number of rotatable bonds is 2. The molecule has 0 atom stereocenters. The minimum atomic E-state index is -1.00. The standard InChI is InChI=1S/C10H17BO4/c1-6-7(8(12)13)11-14-9(2,3)10(4,5)15-11/h6H,1-5H3,(H,12,13). The molecule has 1 heterocycles. The van der Waals surface area contributed by atoms with Gasteiger partial charge < -0.3 is 14.4 Å². The predicted octanol–water partition coefficient (Wildman–Crippen LogP) is 1.65. The monoisotopic (exact) mass is 212 g/mol. The molecule has 1 fully saturated rings. The fourth-order valence-electron chi connectivity index (χ4n) is 1.33. The van der Waals surface area contributed by atoms with Crippen molar-refractivity contribution < 1.29 is 19.2 Å². The van der Waals surface area contributed by atoms with Crippen molar-refractivity contribution in [3.63, 3.8) is 0 Å². The zero-order chi connectivity index (χ0) is 11.9. The molecule has 0 aliphatic carbocycles. The first-order valence-corrected chi connectivity index (χ1v) is 4.96. The van der Waals surface area contributed by atoms with E-state index < -0.39 is 24.3 Å². The van der Waals surface area contributed by atoms with Crippen LogP contribution in [-0.4, -0.2) is 29.4 Å². The summed E-state index contributed by atoms with van der Waals surface area (Å²) in [7, 11) is -0.780. The second-order valence-corrected chi connectivity index (χ2v) is 4.64. The smallest absolute Gasteiger partial charge is 0.478 e. The van der Waals surface area contributed by atoms with Crippen molar-refractivity contribution in [3.05, 3.63) is 11.5 Å². The van der Waals surface area contributed by atoms with E-state index in [4.69, 9.17) is 14.4 Å². The van der Waals surface area contributed by atoms with Crippen molar-refractivity contribution in [2.75, 3.05) is 0 Å². The molecule has 4 nitrogen and oxygen atoms in total. The van der Waals surface area contributed by atoms with Crippen LogP contribution in [-0.2, 0) is 14.1 Å². The van der Waals surface area contributed by atoms with Gasteiger partial charge in [0.15, 0.2) is 0 Å². The number of hydrogen-bond acceptors (Lipinski definition) is 3. The average molecular weight is 212 g/mol. The highest BCUT2D eigenvalue weighted by Gasteiger charge is 2.53. The number of carboxylic acid groups (broad SMARTS) is 1. The number of allylic oxidation sites excluding steroid dienone is 1. The first kappa shape index (κ1) is 12.3. The maximum absolute atomic E-state index is 10.9. The van der Waals surface area contributed by atoms with E-state index in [1.54, 1.807) is 6.92 Å². The van der Waals surface area contributed by atoms with E-state index in [1.807, 2.05) is 27.7 Å². The number of carboxylic acids is 1. The minimum Gasteiger partial charge on any atom is -0.478 e. The lowest BCUT2D eigenvalue weighted by Gasteiger charge is -2.32. The summed E-state index contributed by atoms with van der Waals surface area (Å²) < 4.78 is 11.2. The Morgan fingerprint density at radius 3 is 1.87 bits per heavy atom. The maximum atomic E-state index is 10.9. The van der Waals surface area contributed by atoms with Crippen LogP contribution in [0.15, 0.2) is 11.5 Å². The average Bonchev–Trinajstić information content (AvgIpc) is 2.21. The van der Waals surface area contributed by atoms with E-state index in [9.17, 15) is 4.79 Å². The summed E-state index contributed by atoms with van der Waals surface area (Å²) in [5.41, 5.74) is -0.850. The Balaban J connectivity index is 2.92. The summed E-state index contributed by atoms with van der Waals surface area (Å²) in [5.74, 6) is -1.00. The molecular formula is C10H17BO4. The second kappa shape index (κ2) is 3.65. The predicted molar refractivity (Wildman–Crippen MR) is 57.5 cm³/mol. The van der Waals surface area contributed by atoms with Crippen LogP contribution in [0.2, 0.25) is 0 Å². The fourth-order valence-corrected chi connectivity index (χ4v) is 1.33. The first-order chi connectivity index (χ1) is 6.71. The quantitative estimate of drug-likeness (QED) is 0.558. The van der Waals surface area contributed by atoms with Gasteiger partial charge in [-0.05, 0) is 34.6 Å². The summed E-state index contributed by atoms with van der Waals surface area (Å²) in [6.07, 6.45) is 1.50. The van der Waals surface area contributed by atoms with Crippen LogP contribution in [0.1, 0.15) is 34.6 Å². The SMILES string of the molecule is CC=C(B1OC(C)(C)C(C)(C)O1)C(=O)O. The Labute approximate surface area is 90.4 Å². The molecule has 15 heavy (non-hydrogen) atoms. The van der Waals surface area contributed by atoms with Gasteiger partial charge in [-0.1, -0.05) is 6.08 Å². The molecule has 0 aromatic rings. The maximum Gasteiger partial charge on any atom is 0.501 e. The van der Waals surface area contributed by atoms with Gasteiger partial charge in [0.25, 0.3) is 0 Å². The van der Waals surface area contributed by atoms with Crippen molar-refractivity contribution >= 4 is 13.1 Å².